The van der Waals surface area contributed by atoms with E-state index in [4.69, 9.17) is 0 Å². The minimum Gasteiger partial charge on any atom is -0.0917 e. The van der Waals surface area contributed by atoms with Gasteiger partial charge in [0.15, 0.2) is 0 Å². The van der Waals surface area contributed by atoms with Crippen molar-refractivity contribution in [3.05, 3.63) is 23.8 Å². The molecule has 0 aliphatic heterocycles. The van der Waals surface area contributed by atoms with Gasteiger partial charge >= 0.3 is 0 Å². The van der Waals surface area contributed by atoms with E-state index in [0.717, 1.165) is 6.42 Å². The lowest BCUT2D eigenvalue weighted by Gasteiger charge is -1.74. The highest BCUT2D eigenvalue weighted by Crippen LogP contribution is 1.82. The van der Waals surface area contributed by atoms with E-state index in [1.54, 1.807) is 0 Å². The third kappa shape index (κ3) is 25.9. The number of allylic oxidation sites excluding steroid dienone is 4. The number of hydrogen-bond acceptors (Lipinski definition) is 0. The Kier molecular flexibility index (Phi) is 13.8. The molecule has 0 amide bonds. The molecule has 0 saturated carbocycles. The fourth-order valence-electron chi connectivity index (χ4n) is 0.236. The van der Waals surface area contributed by atoms with Crippen LogP contribution in [0, 0.1) is 0 Å². The molecule has 0 heteroatoms. The van der Waals surface area contributed by atoms with Gasteiger partial charge in [0.1, 0.15) is 0 Å². The van der Waals surface area contributed by atoms with Crippen LogP contribution in [0.15, 0.2) is 23.8 Å². The van der Waals surface area contributed by atoms with Crippen LogP contribution in [0.1, 0.15) is 41.0 Å². The lowest BCUT2D eigenvalue weighted by Crippen LogP contribution is -1.52. The van der Waals surface area contributed by atoms with Gasteiger partial charge < -0.3 is 0 Å². The summed E-state index contributed by atoms with van der Waals surface area (Å²) in [5.74, 6) is 0. The Balaban J connectivity index is 0. The van der Waals surface area contributed by atoms with Crippen LogP contribution < -0.4 is 0 Å². The summed E-state index contributed by atoms with van der Waals surface area (Å²) >= 11 is 0. The fraction of sp³-hybridized carbons (Fsp3) is 0.600. The van der Waals surface area contributed by atoms with Crippen LogP contribution in [0.4, 0.5) is 0 Å². The Labute approximate surface area is 65.7 Å². The van der Waals surface area contributed by atoms with Crippen LogP contribution in [-0.2, 0) is 0 Å². The first-order valence-corrected chi connectivity index (χ1v) is 3.89. The van der Waals surface area contributed by atoms with E-state index >= 15 is 0 Å². The molecule has 0 aromatic heterocycles. The Morgan fingerprint density at radius 3 is 1.60 bits per heavy atom. The third-order valence-corrected chi connectivity index (χ3v) is 1.05. The summed E-state index contributed by atoms with van der Waals surface area (Å²) in [5, 5.41) is 0. The van der Waals surface area contributed by atoms with E-state index in [-0.39, 0.29) is 0 Å². The topological polar surface area (TPSA) is 0 Å². The first-order chi connectivity index (χ1) is 4.68. The Morgan fingerprint density at radius 2 is 1.60 bits per heavy atom. The van der Waals surface area contributed by atoms with Gasteiger partial charge in [-0.1, -0.05) is 30.7 Å². The average Bonchev–Trinajstić information content (AvgIpc) is 1.91. The van der Waals surface area contributed by atoms with E-state index < -0.39 is 0 Å². The molecule has 0 fully saturated rings. The van der Waals surface area contributed by atoms with Crippen molar-refractivity contribution in [3.8, 4) is 0 Å². The molecule has 0 atom stereocenters. The normalized spacial score (nSPS) is 8.50. The number of rotatable bonds is 1. The monoisotopic (exact) mass is 140 g/mol. The van der Waals surface area contributed by atoms with Gasteiger partial charge in [-0.15, -0.1) is 0 Å². The highest BCUT2D eigenvalue weighted by Gasteiger charge is 1.60. The van der Waals surface area contributed by atoms with Gasteiger partial charge in [0, 0.05) is 0 Å². The van der Waals surface area contributed by atoms with Gasteiger partial charge in [-0.2, -0.15) is 0 Å². The molecular weight excluding hydrogens is 120 g/mol. The number of hydrogen-bond donors (Lipinski definition) is 0. The highest BCUT2D eigenvalue weighted by molar-refractivity contribution is 4.88. The molecule has 0 N–H and O–H groups in total. The van der Waals surface area contributed by atoms with Crippen LogP contribution in [-0.4, -0.2) is 0 Å². The second kappa shape index (κ2) is 11.3. The van der Waals surface area contributed by atoms with Gasteiger partial charge in [-0.25, -0.2) is 0 Å². The highest BCUT2D eigenvalue weighted by atomic mass is 13.7. The van der Waals surface area contributed by atoms with E-state index in [9.17, 15) is 0 Å². The van der Waals surface area contributed by atoms with Gasteiger partial charge in [0.25, 0.3) is 0 Å². The van der Waals surface area contributed by atoms with Crippen molar-refractivity contribution in [3.63, 3.8) is 0 Å². The van der Waals surface area contributed by atoms with E-state index in [2.05, 4.69) is 39.0 Å². The Hall–Kier alpha value is -0.520. The minimum absolute atomic E-state index is 1.16. The second-order valence-corrected chi connectivity index (χ2v) is 2.34. The summed E-state index contributed by atoms with van der Waals surface area (Å²) in [5.41, 5.74) is 1.38. The molecule has 0 aromatic rings. The molecule has 0 aliphatic carbocycles. The van der Waals surface area contributed by atoms with Crippen LogP contribution in [0.3, 0.4) is 0 Å². The largest absolute Gasteiger partial charge is 0.0917 e. The quantitative estimate of drug-likeness (QED) is 0.484. The van der Waals surface area contributed by atoms with E-state index in [1.165, 1.54) is 5.57 Å². The minimum atomic E-state index is 1.16. The van der Waals surface area contributed by atoms with Crippen molar-refractivity contribution in [2.75, 3.05) is 0 Å². The second-order valence-electron chi connectivity index (χ2n) is 2.34. The van der Waals surface area contributed by atoms with E-state index in [1.807, 2.05) is 13.8 Å². The van der Waals surface area contributed by atoms with Crippen molar-refractivity contribution >= 4 is 0 Å². The van der Waals surface area contributed by atoms with Crippen molar-refractivity contribution in [2.24, 2.45) is 0 Å². The lowest BCUT2D eigenvalue weighted by molar-refractivity contribution is 1.22. The lowest BCUT2D eigenvalue weighted by atomic mass is 10.3. The van der Waals surface area contributed by atoms with Gasteiger partial charge in [-0.3, -0.25) is 0 Å². The van der Waals surface area contributed by atoms with Gasteiger partial charge in [0.05, 0.1) is 0 Å². The summed E-state index contributed by atoms with van der Waals surface area (Å²) in [6.45, 7) is 10.4. The molecule has 0 spiro atoms. The predicted octanol–water partition coefficient (Wildman–Crippen LogP) is 3.95. The van der Waals surface area contributed by atoms with Gasteiger partial charge in [0.2, 0.25) is 0 Å². The standard InChI is InChI=1S/2C5H10/c1-4-5(2)3;1-3-5-4-2/h4H,1-3H3;3,5H,4H2,1-2H3. The van der Waals surface area contributed by atoms with Crippen LogP contribution in [0.25, 0.3) is 0 Å². The molecule has 0 unspecified atom stereocenters. The third-order valence-electron chi connectivity index (χ3n) is 1.05. The SMILES string of the molecule is CC=C(C)C.CC=CCC. The summed E-state index contributed by atoms with van der Waals surface area (Å²) in [7, 11) is 0. The smallest absolute Gasteiger partial charge is 0.0379 e. The Bertz CT molecular complexity index is 92.6. The van der Waals surface area contributed by atoms with Crippen LogP contribution in [0.2, 0.25) is 0 Å². The maximum atomic E-state index is 2.12. The zero-order valence-electron chi connectivity index (χ0n) is 7.94. The average molecular weight is 140 g/mol. The molecule has 0 aliphatic rings. The summed E-state index contributed by atoms with van der Waals surface area (Å²) in [6, 6.07) is 0. The van der Waals surface area contributed by atoms with Crippen molar-refractivity contribution in [1.82, 2.24) is 0 Å². The fourth-order valence-corrected chi connectivity index (χ4v) is 0.236. The summed E-state index contributed by atoms with van der Waals surface area (Å²) < 4.78 is 0. The van der Waals surface area contributed by atoms with E-state index in [0.29, 0.717) is 0 Å². The van der Waals surface area contributed by atoms with Crippen LogP contribution in [0.5, 0.6) is 0 Å². The van der Waals surface area contributed by atoms with Crippen molar-refractivity contribution in [2.45, 2.75) is 41.0 Å². The molecule has 0 heterocycles. The first-order valence-electron chi connectivity index (χ1n) is 3.89. The maximum absolute atomic E-state index is 2.12. The molecule has 0 aromatic carbocycles. The van der Waals surface area contributed by atoms with Crippen molar-refractivity contribution in [1.29, 1.82) is 0 Å². The molecule has 0 nitrogen and oxygen atoms in total. The summed E-state index contributed by atoms with van der Waals surface area (Å²) in [4.78, 5) is 0. The predicted molar refractivity (Wildman–Crippen MR) is 50.2 cm³/mol. The first kappa shape index (κ1) is 12.2. The van der Waals surface area contributed by atoms with Crippen LogP contribution >= 0.6 is 0 Å². The maximum Gasteiger partial charge on any atom is -0.0379 e. The van der Waals surface area contributed by atoms with Crippen molar-refractivity contribution < 1.29 is 0 Å². The van der Waals surface area contributed by atoms with Gasteiger partial charge in [-0.05, 0) is 34.1 Å². The molecule has 0 radical (unpaired) electrons. The molecule has 10 heavy (non-hydrogen) atoms. The molecule has 0 rings (SSSR count). The summed E-state index contributed by atoms with van der Waals surface area (Å²) in [6.07, 6.45) is 7.43. The molecule has 0 bridgehead atoms. The molecular formula is C10H20. The molecule has 0 saturated heterocycles. The molecule has 60 valence electrons. The zero-order chi connectivity index (χ0) is 8.41. The zero-order valence-corrected chi connectivity index (χ0v) is 7.94. The Morgan fingerprint density at radius 1 is 1.20 bits per heavy atom.